The second kappa shape index (κ2) is 7.71. The lowest BCUT2D eigenvalue weighted by molar-refractivity contribution is 0.146. The molecule has 130 valence electrons. The van der Waals surface area contributed by atoms with Gasteiger partial charge < -0.3 is 14.8 Å². The summed E-state index contributed by atoms with van der Waals surface area (Å²) in [6.07, 6.45) is 1.37. The third-order valence-electron chi connectivity index (χ3n) is 3.25. The Kier molecular flexibility index (Phi) is 5.20. The van der Waals surface area contributed by atoms with Crippen molar-refractivity contribution in [2.75, 3.05) is 25.6 Å². The number of rotatable bonds is 7. The molecule has 1 aromatic heterocycles. The summed E-state index contributed by atoms with van der Waals surface area (Å²) in [6.45, 7) is 0.936. The Morgan fingerprint density at radius 3 is 2.64 bits per heavy atom. The van der Waals surface area contributed by atoms with Crippen molar-refractivity contribution < 1.29 is 18.3 Å². The van der Waals surface area contributed by atoms with E-state index in [4.69, 9.17) is 9.47 Å². The molecule has 0 fully saturated rings. The van der Waals surface area contributed by atoms with Crippen molar-refractivity contribution in [2.24, 2.45) is 0 Å². The van der Waals surface area contributed by atoms with Gasteiger partial charge in [0.05, 0.1) is 12.3 Å². The Morgan fingerprint density at radius 1 is 1.08 bits per heavy atom. The Balaban J connectivity index is 1.72. The molecule has 6 nitrogen and oxygen atoms in total. The minimum absolute atomic E-state index is 0.245. The average molecular weight is 346 g/mol. The summed E-state index contributed by atoms with van der Waals surface area (Å²) in [4.78, 5) is 4.09. The van der Waals surface area contributed by atoms with Crippen LogP contribution in [0.25, 0.3) is 5.69 Å². The first-order chi connectivity index (χ1) is 12.1. The first-order valence-corrected chi connectivity index (χ1v) is 7.51. The minimum atomic E-state index is -0.680. The fraction of sp³-hybridized carbons (Fsp3) is 0.176. The number of methoxy groups -OCH3 is 1. The molecule has 0 aliphatic carbocycles. The fourth-order valence-corrected chi connectivity index (χ4v) is 2.15. The van der Waals surface area contributed by atoms with Crippen LogP contribution < -0.4 is 10.1 Å². The number of halogens is 2. The van der Waals surface area contributed by atoms with Crippen molar-refractivity contribution in [2.45, 2.75) is 0 Å². The number of nitrogens with one attached hydrogen (secondary N) is 1. The van der Waals surface area contributed by atoms with Gasteiger partial charge in [-0.3, -0.25) is 0 Å². The van der Waals surface area contributed by atoms with Gasteiger partial charge in [0.1, 0.15) is 30.3 Å². The number of hydrogen-bond donors (Lipinski definition) is 1. The quantitative estimate of drug-likeness (QED) is 0.665. The molecular formula is C17H16F2N4O2. The van der Waals surface area contributed by atoms with Gasteiger partial charge in [0.25, 0.3) is 0 Å². The average Bonchev–Trinajstić information content (AvgIpc) is 3.03. The molecule has 0 unspecified atom stereocenters. The Hall–Kier alpha value is -3.00. The van der Waals surface area contributed by atoms with E-state index >= 15 is 0 Å². The Morgan fingerprint density at radius 2 is 1.88 bits per heavy atom. The maximum absolute atomic E-state index is 13.3. The van der Waals surface area contributed by atoms with Gasteiger partial charge in [0, 0.05) is 24.9 Å². The summed E-state index contributed by atoms with van der Waals surface area (Å²) in [5.41, 5.74) is 0.966. The van der Waals surface area contributed by atoms with Gasteiger partial charge in [0.2, 0.25) is 5.95 Å². The molecule has 0 atom stereocenters. The summed E-state index contributed by atoms with van der Waals surface area (Å²) in [6, 6.07) is 10.4. The third kappa shape index (κ3) is 4.51. The monoisotopic (exact) mass is 346 g/mol. The van der Waals surface area contributed by atoms with Crippen molar-refractivity contribution in [1.82, 2.24) is 14.8 Å². The highest BCUT2D eigenvalue weighted by Gasteiger charge is 2.07. The predicted octanol–water partition coefficient (Wildman–Crippen LogP) is 3.31. The van der Waals surface area contributed by atoms with Gasteiger partial charge in [-0.05, 0) is 24.3 Å². The van der Waals surface area contributed by atoms with Crippen LogP contribution in [0.3, 0.4) is 0 Å². The largest absolute Gasteiger partial charge is 0.491 e. The standard InChI is InChI=1S/C17H16F2N4O2/c1-24-5-6-25-16-4-2-3-14(10-16)21-17-20-11-23(22-17)15-8-12(18)7-13(19)9-15/h2-4,7-11H,5-6H2,1H3,(H,21,22). The molecule has 3 aromatic rings. The van der Waals surface area contributed by atoms with Gasteiger partial charge >= 0.3 is 0 Å². The Labute approximate surface area is 143 Å². The lowest BCUT2D eigenvalue weighted by Gasteiger charge is -2.07. The number of aromatic nitrogens is 3. The van der Waals surface area contributed by atoms with Gasteiger partial charge in [0.15, 0.2) is 0 Å². The summed E-state index contributed by atoms with van der Waals surface area (Å²) in [5, 5.41) is 7.18. The molecule has 25 heavy (non-hydrogen) atoms. The smallest absolute Gasteiger partial charge is 0.246 e. The molecule has 0 bridgehead atoms. The van der Waals surface area contributed by atoms with Gasteiger partial charge in [-0.2, -0.15) is 4.98 Å². The van der Waals surface area contributed by atoms with Crippen molar-refractivity contribution in [1.29, 1.82) is 0 Å². The van der Waals surface area contributed by atoms with Crippen LogP contribution in [0, 0.1) is 11.6 Å². The predicted molar refractivity (Wildman–Crippen MR) is 88.4 cm³/mol. The highest BCUT2D eigenvalue weighted by Crippen LogP contribution is 2.20. The van der Waals surface area contributed by atoms with Crippen LogP contribution in [0.15, 0.2) is 48.8 Å². The number of benzene rings is 2. The van der Waals surface area contributed by atoms with Crippen LogP contribution in [0.5, 0.6) is 5.75 Å². The van der Waals surface area contributed by atoms with Crippen molar-refractivity contribution in [3.63, 3.8) is 0 Å². The van der Waals surface area contributed by atoms with E-state index in [-0.39, 0.29) is 5.69 Å². The normalized spacial score (nSPS) is 10.7. The van der Waals surface area contributed by atoms with E-state index in [1.807, 2.05) is 18.2 Å². The Bertz CT molecular complexity index is 834. The number of nitrogens with zero attached hydrogens (tertiary/aromatic N) is 3. The molecule has 2 aromatic carbocycles. The van der Waals surface area contributed by atoms with E-state index in [2.05, 4.69) is 15.4 Å². The molecule has 0 saturated heterocycles. The van der Waals surface area contributed by atoms with Crippen LogP contribution in [0.2, 0.25) is 0 Å². The molecular weight excluding hydrogens is 330 g/mol. The van der Waals surface area contributed by atoms with Crippen molar-refractivity contribution in [3.8, 4) is 11.4 Å². The third-order valence-corrected chi connectivity index (χ3v) is 3.25. The minimum Gasteiger partial charge on any atom is -0.491 e. The first-order valence-electron chi connectivity index (χ1n) is 7.51. The SMILES string of the molecule is COCCOc1cccc(Nc2ncn(-c3cc(F)cc(F)c3)n2)c1. The molecule has 0 saturated carbocycles. The zero-order valence-corrected chi connectivity index (χ0v) is 13.4. The highest BCUT2D eigenvalue weighted by atomic mass is 19.1. The second-order valence-electron chi connectivity index (χ2n) is 5.13. The number of anilines is 2. The van der Waals surface area contributed by atoms with E-state index in [0.29, 0.717) is 24.9 Å². The van der Waals surface area contributed by atoms with Crippen LogP contribution in [-0.4, -0.2) is 35.1 Å². The molecule has 0 amide bonds. The van der Waals surface area contributed by atoms with E-state index in [1.165, 1.54) is 23.1 Å². The van der Waals surface area contributed by atoms with Crippen LogP contribution in [0.4, 0.5) is 20.4 Å². The van der Waals surface area contributed by atoms with Crippen molar-refractivity contribution >= 4 is 11.6 Å². The topological polar surface area (TPSA) is 61.2 Å². The zero-order chi connectivity index (χ0) is 17.6. The number of ether oxygens (including phenoxy) is 2. The van der Waals surface area contributed by atoms with Gasteiger partial charge in [-0.15, -0.1) is 5.10 Å². The summed E-state index contributed by atoms with van der Waals surface area (Å²) in [5.74, 6) is -0.394. The molecule has 0 radical (unpaired) electrons. The molecule has 0 aliphatic rings. The molecule has 8 heteroatoms. The zero-order valence-electron chi connectivity index (χ0n) is 13.4. The maximum Gasteiger partial charge on any atom is 0.246 e. The highest BCUT2D eigenvalue weighted by molar-refractivity contribution is 5.55. The summed E-state index contributed by atoms with van der Waals surface area (Å²) >= 11 is 0. The van der Waals surface area contributed by atoms with E-state index in [1.54, 1.807) is 13.2 Å². The van der Waals surface area contributed by atoms with Crippen LogP contribution in [-0.2, 0) is 4.74 Å². The van der Waals surface area contributed by atoms with Crippen LogP contribution in [0.1, 0.15) is 0 Å². The van der Waals surface area contributed by atoms with Crippen LogP contribution >= 0.6 is 0 Å². The number of hydrogen-bond acceptors (Lipinski definition) is 5. The molecule has 0 aliphatic heterocycles. The van der Waals surface area contributed by atoms with Gasteiger partial charge in [-0.25, -0.2) is 13.5 Å². The first kappa shape index (κ1) is 16.8. The molecule has 1 N–H and O–H groups in total. The molecule has 1 heterocycles. The lowest BCUT2D eigenvalue weighted by Crippen LogP contribution is -2.04. The fourth-order valence-electron chi connectivity index (χ4n) is 2.15. The maximum atomic E-state index is 13.3. The summed E-state index contributed by atoms with van der Waals surface area (Å²) in [7, 11) is 1.60. The van der Waals surface area contributed by atoms with E-state index in [9.17, 15) is 8.78 Å². The van der Waals surface area contributed by atoms with E-state index < -0.39 is 11.6 Å². The second-order valence-corrected chi connectivity index (χ2v) is 5.13. The molecule has 0 spiro atoms. The van der Waals surface area contributed by atoms with E-state index in [0.717, 1.165) is 11.8 Å². The lowest BCUT2D eigenvalue weighted by atomic mass is 10.3. The van der Waals surface area contributed by atoms with Gasteiger partial charge in [-0.1, -0.05) is 6.07 Å². The molecule has 3 rings (SSSR count). The van der Waals surface area contributed by atoms with Crippen molar-refractivity contribution in [3.05, 3.63) is 60.4 Å². The summed E-state index contributed by atoms with van der Waals surface area (Å²) < 4.78 is 38.3.